The normalized spacial score (nSPS) is 10.4. The van der Waals surface area contributed by atoms with Crippen LogP contribution in [0.15, 0.2) is 65.8 Å². The first-order valence-electron chi connectivity index (χ1n) is 11.2. The maximum absolute atomic E-state index is 12.5. The lowest BCUT2D eigenvalue weighted by molar-refractivity contribution is -0.384. The van der Waals surface area contributed by atoms with Gasteiger partial charge in [-0.1, -0.05) is 0 Å². The van der Waals surface area contributed by atoms with Crippen molar-refractivity contribution in [1.82, 2.24) is 10.7 Å². The maximum atomic E-state index is 12.5. The molecule has 2 amide bonds. The van der Waals surface area contributed by atoms with E-state index in [0.29, 0.717) is 22.8 Å². The Morgan fingerprint density at radius 2 is 1.51 bits per heavy atom. The summed E-state index contributed by atoms with van der Waals surface area (Å²) in [5, 5.41) is 17.0. The molecule has 13 heteroatoms. The fourth-order valence-corrected chi connectivity index (χ4v) is 3.20. The lowest BCUT2D eigenvalue weighted by Gasteiger charge is -2.14. The molecule has 2 N–H and O–H groups in total. The third kappa shape index (κ3) is 7.52. The molecule has 0 aliphatic heterocycles. The topological polar surface area (TPSA) is 168 Å². The van der Waals surface area contributed by atoms with Gasteiger partial charge in [-0.25, -0.2) is 10.2 Å². The van der Waals surface area contributed by atoms with Gasteiger partial charge in [0.1, 0.15) is 5.75 Å². The van der Waals surface area contributed by atoms with Crippen molar-refractivity contribution in [3.63, 3.8) is 0 Å². The predicted molar refractivity (Wildman–Crippen MR) is 139 cm³/mol. The summed E-state index contributed by atoms with van der Waals surface area (Å²) >= 11 is 0. The molecular weight excluding hydrogens is 512 g/mol. The number of methoxy groups -OCH3 is 3. The van der Waals surface area contributed by atoms with Crippen LogP contribution in [0.2, 0.25) is 0 Å². The Labute approximate surface area is 222 Å². The summed E-state index contributed by atoms with van der Waals surface area (Å²) in [7, 11) is 4.29. The molecule has 39 heavy (non-hydrogen) atoms. The van der Waals surface area contributed by atoms with E-state index >= 15 is 0 Å². The van der Waals surface area contributed by atoms with Crippen LogP contribution in [0.5, 0.6) is 23.0 Å². The Bertz CT molecular complexity index is 1360. The Morgan fingerprint density at radius 3 is 2.05 bits per heavy atom. The van der Waals surface area contributed by atoms with Crippen molar-refractivity contribution in [1.29, 1.82) is 0 Å². The molecule has 0 bridgehead atoms. The van der Waals surface area contributed by atoms with E-state index in [1.54, 1.807) is 12.1 Å². The molecule has 3 rings (SSSR count). The molecule has 0 heterocycles. The van der Waals surface area contributed by atoms with Gasteiger partial charge in [0.25, 0.3) is 17.5 Å². The number of rotatable bonds is 11. The quantitative estimate of drug-likeness (QED) is 0.123. The summed E-state index contributed by atoms with van der Waals surface area (Å²) in [4.78, 5) is 46.9. The van der Waals surface area contributed by atoms with Crippen molar-refractivity contribution < 1.29 is 38.3 Å². The molecule has 3 aromatic rings. The van der Waals surface area contributed by atoms with Crippen LogP contribution in [0.3, 0.4) is 0 Å². The van der Waals surface area contributed by atoms with Crippen LogP contribution < -0.4 is 29.7 Å². The summed E-state index contributed by atoms with van der Waals surface area (Å²) in [5.41, 5.74) is 3.11. The van der Waals surface area contributed by atoms with Crippen molar-refractivity contribution in [3.8, 4) is 23.0 Å². The van der Waals surface area contributed by atoms with Gasteiger partial charge in [-0.15, -0.1) is 0 Å². The largest absolute Gasteiger partial charge is 0.493 e. The number of hydrazone groups is 1. The highest BCUT2D eigenvalue weighted by Gasteiger charge is 2.17. The van der Waals surface area contributed by atoms with E-state index in [0.717, 1.165) is 0 Å². The number of amides is 2. The summed E-state index contributed by atoms with van der Waals surface area (Å²) < 4.78 is 20.9. The molecular formula is C26H24N4O9. The minimum Gasteiger partial charge on any atom is -0.493 e. The fraction of sp³-hybridized carbons (Fsp3) is 0.154. The van der Waals surface area contributed by atoms with E-state index in [2.05, 4.69) is 15.8 Å². The van der Waals surface area contributed by atoms with Crippen molar-refractivity contribution in [2.75, 3.05) is 27.9 Å². The van der Waals surface area contributed by atoms with E-state index < -0.39 is 22.7 Å². The van der Waals surface area contributed by atoms with Crippen molar-refractivity contribution in [2.24, 2.45) is 5.10 Å². The molecule has 0 saturated carbocycles. The molecule has 0 aromatic heterocycles. The minimum atomic E-state index is -0.674. The summed E-state index contributed by atoms with van der Waals surface area (Å²) in [6.07, 6.45) is 1.36. The number of carbonyl (C=O) groups is 3. The van der Waals surface area contributed by atoms with Gasteiger partial charge >= 0.3 is 5.97 Å². The molecule has 13 nitrogen and oxygen atoms in total. The lowest BCUT2D eigenvalue weighted by Crippen LogP contribution is -2.34. The Morgan fingerprint density at radius 1 is 0.897 bits per heavy atom. The van der Waals surface area contributed by atoms with E-state index in [-0.39, 0.29) is 29.1 Å². The molecule has 3 aromatic carbocycles. The highest BCUT2D eigenvalue weighted by atomic mass is 16.6. The molecule has 0 radical (unpaired) electrons. The number of non-ortho nitro benzene ring substituents is 1. The number of benzene rings is 3. The molecule has 202 valence electrons. The van der Waals surface area contributed by atoms with Gasteiger partial charge in [0.05, 0.1) is 44.6 Å². The Kier molecular flexibility index (Phi) is 9.51. The molecule has 0 atom stereocenters. The molecule has 0 aliphatic carbocycles. The zero-order valence-corrected chi connectivity index (χ0v) is 21.1. The van der Waals surface area contributed by atoms with Gasteiger partial charge in [0.15, 0.2) is 11.5 Å². The highest BCUT2D eigenvalue weighted by molar-refractivity contribution is 5.97. The van der Waals surface area contributed by atoms with Crippen LogP contribution >= 0.6 is 0 Å². The number of nitrogens with one attached hydrogen (secondary N) is 2. The highest BCUT2D eigenvalue weighted by Crippen LogP contribution is 2.38. The SMILES string of the molecule is COc1cc(C(=O)NCC(=O)N/N=C/c2ccc(OC(=O)c3ccc([N+](=O)[O-])cc3)cc2)cc(OC)c1OC. The second-order valence-electron chi connectivity index (χ2n) is 7.65. The van der Waals surface area contributed by atoms with E-state index in [9.17, 15) is 24.5 Å². The van der Waals surface area contributed by atoms with E-state index in [1.807, 2.05) is 0 Å². The monoisotopic (exact) mass is 536 g/mol. The van der Waals surface area contributed by atoms with Crippen molar-refractivity contribution in [2.45, 2.75) is 0 Å². The van der Waals surface area contributed by atoms with Crippen LogP contribution in [0, 0.1) is 10.1 Å². The average molecular weight is 536 g/mol. The third-order valence-corrected chi connectivity index (χ3v) is 5.14. The minimum absolute atomic E-state index is 0.136. The zero-order valence-electron chi connectivity index (χ0n) is 21.1. The number of hydrogen-bond donors (Lipinski definition) is 2. The van der Waals surface area contributed by atoms with Crippen LogP contribution in [0.4, 0.5) is 5.69 Å². The number of carbonyl (C=O) groups excluding carboxylic acids is 3. The number of nitro groups is 1. The molecule has 0 unspecified atom stereocenters. The second-order valence-corrected chi connectivity index (χ2v) is 7.65. The zero-order chi connectivity index (χ0) is 28.4. The first-order chi connectivity index (χ1) is 18.7. The Balaban J connectivity index is 1.49. The molecule has 0 spiro atoms. The first-order valence-corrected chi connectivity index (χ1v) is 11.2. The van der Waals surface area contributed by atoms with Gasteiger partial charge in [0, 0.05) is 17.7 Å². The van der Waals surface area contributed by atoms with Crippen molar-refractivity contribution >= 4 is 29.7 Å². The number of ether oxygens (including phenoxy) is 4. The summed E-state index contributed by atoms with van der Waals surface area (Å²) in [6.45, 7) is -0.343. The second kappa shape index (κ2) is 13.2. The first kappa shape index (κ1) is 28.1. The molecule has 0 saturated heterocycles. The number of nitrogens with zero attached hydrogens (tertiary/aromatic N) is 2. The van der Waals surface area contributed by atoms with Gasteiger partial charge < -0.3 is 24.3 Å². The predicted octanol–water partition coefficient (Wildman–Crippen LogP) is 2.72. The molecule has 0 aliphatic rings. The van der Waals surface area contributed by atoms with Gasteiger partial charge in [-0.05, 0) is 54.1 Å². The summed E-state index contributed by atoms with van der Waals surface area (Å²) in [5.74, 6) is -0.611. The van der Waals surface area contributed by atoms with Gasteiger partial charge in [-0.2, -0.15) is 5.10 Å². The van der Waals surface area contributed by atoms with E-state index in [1.165, 1.54) is 76.1 Å². The maximum Gasteiger partial charge on any atom is 0.343 e. The van der Waals surface area contributed by atoms with Gasteiger partial charge in [-0.3, -0.25) is 19.7 Å². The van der Waals surface area contributed by atoms with Crippen molar-refractivity contribution in [3.05, 3.63) is 87.5 Å². The number of nitro benzene ring substituents is 1. The average Bonchev–Trinajstić information content (AvgIpc) is 2.95. The Hall–Kier alpha value is -5.46. The van der Waals surface area contributed by atoms with Crippen LogP contribution in [0.1, 0.15) is 26.3 Å². The summed E-state index contributed by atoms with van der Waals surface area (Å²) in [6, 6.07) is 14.2. The third-order valence-electron chi connectivity index (χ3n) is 5.14. The number of esters is 1. The van der Waals surface area contributed by atoms with E-state index in [4.69, 9.17) is 18.9 Å². The van der Waals surface area contributed by atoms with Crippen LogP contribution in [-0.2, 0) is 4.79 Å². The number of hydrogen-bond acceptors (Lipinski definition) is 10. The lowest BCUT2D eigenvalue weighted by atomic mass is 10.1. The standard InChI is InChI=1S/C26H24N4O9/c1-36-21-12-18(13-22(37-2)24(21)38-3)25(32)27-15-23(31)29-28-14-16-4-10-20(11-5-16)39-26(33)17-6-8-19(9-7-17)30(34)35/h4-14H,15H2,1-3H3,(H,27,32)(H,29,31)/b28-14+. The van der Waals surface area contributed by atoms with Crippen LogP contribution in [0.25, 0.3) is 0 Å². The fourth-order valence-electron chi connectivity index (χ4n) is 3.20. The molecule has 0 fully saturated rings. The van der Waals surface area contributed by atoms with Gasteiger partial charge in [0.2, 0.25) is 5.75 Å². The smallest absolute Gasteiger partial charge is 0.343 e. The van der Waals surface area contributed by atoms with Crippen LogP contribution in [-0.4, -0.2) is 56.8 Å².